The second-order valence-electron chi connectivity index (χ2n) is 25.3. The fraction of sp³-hybridized carbons (Fsp3) is 0.0870. The Hall–Kier alpha value is -12.1. The van der Waals surface area contributed by atoms with E-state index in [0.717, 1.165) is 130 Å². The van der Waals surface area contributed by atoms with E-state index < -0.39 is 0 Å². The second kappa shape index (κ2) is 29.7. The molecule has 0 N–H and O–H groups in total. The molecule has 0 amide bonds. The van der Waals surface area contributed by atoms with Crippen molar-refractivity contribution in [3.63, 3.8) is 0 Å². The highest BCUT2D eigenvalue weighted by Crippen LogP contribution is 2.38. The molecule has 0 saturated carbocycles. The molecule has 0 aliphatic heterocycles. The Labute approximate surface area is 574 Å². The van der Waals surface area contributed by atoms with Gasteiger partial charge < -0.3 is 0 Å². The molecule has 0 saturated heterocycles. The average Bonchev–Trinajstić information content (AvgIpc) is 0.813. The van der Waals surface area contributed by atoms with Crippen LogP contribution < -0.4 is 0 Å². The minimum absolute atomic E-state index is 0.873. The summed E-state index contributed by atoms with van der Waals surface area (Å²) in [7, 11) is 0. The van der Waals surface area contributed by atoms with Gasteiger partial charge in [0, 0.05) is 58.2 Å². The van der Waals surface area contributed by atoms with E-state index >= 15 is 0 Å². The summed E-state index contributed by atoms with van der Waals surface area (Å²) in [6.07, 6.45) is 16.5. The molecule has 0 radical (unpaired) electrons. The van der Waals surface area contributed by atoms with E-state index in [1.54, 1.807) is 6.33 Å². The summed E-state index contributed by atoms with van der Waals surface area (Å²) in [5.41, 5.74) is 32.4. The number of aromatic nitrogens is 6. The smallest absolute Gasteiger partial charge is 0.116 e. The maximum atomic E-state index is 4.83. The summed E-state index contributed by atoms with van der Waals surface area (Å²) in [6.45, 7) is 0. The lowest BCUT2D eigenvalue weighted by atomic mass is 9.89. The van der Waals surface area contributed by atoms with E-state index in [-0.39, 0.29) is 0 Å². The van der Waals surface area contributed by atoms with Gasteiger partial charge >= 0.3 is 0 Å². The van der Waals surface area contributed by atoms with Gasteiger partial charge in [-0.25, -0.2) is 9.97 Å². The van der Waals surface area contributed by atoms with Crippen LogP contribution in [0.15, 0.2) is 340 Å². The molecule has 0 unspecified atom stereocenters. The van der Waals surface area contributed by atoms with Crippen LogP contribution in [0.5, 0.6) is 0 Å². The van der Waals surface area contributed by atoms with Crippen molar-refractivity contribution in [2.45, 2.75) is 51.4 Å². The highest BCUT2D eigenvalue weighted by molar-refractivity contribution is 5.87. The van der Waals surface area contributed by atoms with Gasteiger partial charge in [0.25, 0.3) is 0 Å². The Balaban J connectivity index is 0.664. The lowest BCUT2D eigenvalue weighted by molar-refractivity contribution is 0.931. The minimum atomic E-state index is 0.873. The van der Waals surface area contributed by atoms with Crippen molar-refractivity contribution in [3.05, 3.63) is 385 Å². The number of pyridine rings is 4. The standard InChI is InChI=1S/C92H72N6/c1-3-15-85(81-59-69(25-21-65-29-37-75(38-30-65)87-17-5-9-53-93-87)57-70(60-81)26-22-66-31-39-76(40-32-66)88-18-6-10-54-94-88)83(13-1)73-45-49-79(50-46-73)91-63-92(98-64-97-91)80-51-47-74(48-52-80)84-14-2-4-16-86(84)82-61-71(27-23-67-33-41-77(42-34-67)89-19-7-11-55-95-89)58-72(62-82)28-24-68-35-43-78(44-36-68)90-20-8-12-56-96-90/h1-20,29-64H,21-28H2. The van der Waals surface area contributed by atoms with Crippen molar-refractivity contribution in [3.8, 4) is 112 Å². The molecule has 98 heavy (non-hydrogen) atoms. The fourth-order valence-electron chi connectivity index (χ4n) is 13.4. The molecule has 6 heteroatoms. The fourth-order valence-corrected chi connectivity index (χ4v) is 13.4. The van der Waals surface area contributed by atoms with Crippen LogP contribution in [0.4, 0.5) is 0 Å². The molecular formula is C92H72N6. The van der Waals surface area contributed by atoms with E-state index in [0.29, 0.717) is 0 Å². The van der Waals surface area contributed by atoms with Crippen molar-refractivity contribution in [2.24, 2.45) is 0 Å². The van der Waals surface area contributed by atoms with Crippen LogP contribution in [-0.2, 0) is 51.4 Å². The van der Waals surface area contributed by atoms with Crippen LogP contribution in [-0.4, -0.2) is 29.9 Å². The van der Waals surface area contributed by atoms with Gasteiger partial charge in [-0.15, -0.1) is 0 Å². The predicted octanol–water partition coefficient (Wildman–Crippen LogP) is 21.9. The molecule has 0 fully saturated rings. The van der Waals surface area contributed by atoms with Gasteiger partial charge in [0.2, 0.25) is 0 Å². The van der Waals surface area contributed by atoms with Crippen LogP contribution in [0.2, 0.25) is 0 Å². The minimum Gasteiger partial charge on any atom is -0.256 e. The molecule has 6 nitrogen and oxygen atoms in total. The normalized spacial score (nSPS) is 11.2. The molecule has 15 aromatic rings. The zero-order chi connectivity index (χ0) is 65.7. The van der Waals surface area contributed by atoms with Crippen LogP contribution >= 0.6 is 0 Å². The Morgan fingerprint density at radius 3 is 0.643 bits per heavy atom. The number of hydrogen-bond donors (Lipinski definition) is 0. The molecule has 0 spiro atoms. The summed E-state index contributed by atoms with van der Waals surface area (Å²) in [5.74, 6) is 0. The van der Waals surface area contributed by atoms with Gasteiger partial charge in [-0.05, 0) is 195 Å². The Kier molecular flexibility index (Phi) is 18.8. The Morgan fingerprint density at radius 2 is 0.378 bits per heavy atom. The van der Waals surface area contributed by atoms with Crippen molar-refractivity contribution in [1.29, 1.82) is 0 Å². The third-order valence-corrected chi connectivity index (χ3v) is 18.7. The molecule has 15 rings (SSSR count). The molecule has 5 heterocycles. The van der Waals surface area contributed by atoms with Crippen molar-refractivity contribution < 1.29 is 0 Å². The van der Waals surface area contributed by atoms with Crippen LogP contribution in [0, 0.1) is 0 Å². The zero-order valence-electron chi connectivity index (χ0n) is 54.7. The van der Waals surface area contributed by atoms with Crippen LogP contribution in [0.1, 0.15) is 44.5 Å². The Morgan fingerprint density at radius 1 is 0.153 bits per heavy atom. The van der Waals surface area contributed by atoms with Gasteiger partial charge in [-0.3, -0.25) is 19.9 Å². The zero-order valence-corrected chi connectivity index (χ0v) is 54.7. The van der Waals surface area contributed by atoms with Gasteiger partial charge in [0.1, 0.15) is 6.33 Å². The predicted molar refractivity (Wildman–Crippen MR) is 403 cm³/mol. The first kappa shape index (κ1) is 62.0. The van der Waals surface area contributed by atoms with Crippen molar-refractivity contribution in [1.82, 2.24) is 29.9 Å². The summed E-state index contributed by atoms with van der Waals surface area (Å²) >= 11 is 0. The molecule has 0 aliphatic rings. The van der Waals surface area contributed by atoms with Gasteiger partial charge in [0.15, 0.2) is 0 Å². The van der Waals surface area contributed by atoms with E-state index in [4.69, 9.17) is 9.97 Å². The average molecular weight is 1260 g/mol. The first-order chi connectivity index (χ1) is 48.5. The monoisotopic (exact) mass is 1260 g/mol. The van der Waals surface area contributed by atoms with Crippen molar-refractivity contribution in [2.75, 3.05) is 0 Å². The van der Waals surface area contributed by atoms with Gasteiger partial charge in [-0.1, -0.05) is 255 Å². The lowest BCUT2D eigenvalue weighted by Gasteiger charge is -2.15. The third-order valence-electron chi connectivity index (χ3n) is 18.7. The number of benzene rings is 10. The first-order valence-corrected chi connectivity index (χ1v) is 34.0. The van der Waals surface area contributed by atoms with Crippen LogP contribution in [0.25, 0.3) is 112 Å². The largest absolute Gasteiger partial charge is 0.256 e. The van der Waals surface area contributed by atoms with Crippen LogP contribution in [0.3, 0.4) is 0 Å². The summed E-state index contributed by atoms with van der Waals surface area (Å²) in [6, 6.07) is 112. The van der Waals surface area contributed by atoms with Crippen molar-refractivity contribution >= 4 is 0 Å². The Bertz CT molecular complexity index is 4590. The molecule has 0 aliphatic carbocycles. The van der Waals surface area contributed by atoms with Gasteiger partial charge in [0.05, 0.1) is 34.2 Å². The quantitative estimate of drug-likeness (QED) is 0.0673. The SMILES string of the molecule is c1ccc(-c2ccc(CCc3cc(CCc4ccc(-c5ccccn5)cc4)cc(-c4ccccc4-c4ccc(-c5cc(-c6ccc(-c7ccccc7-c7cc(CCc8ccc(-c9ccccn9)cc8)cc(CCc8ccc(-c9ccccn9)cc8)c7)cc6)ncn5)cc4)c3)cc2)nc1. The second-order valence-corrected chi connectivity index (χ2v) is 25.3. The molecule has 0 bridgehead atoms. The van der Waals surface area contributed by atoms with Gasteiger partial charge in [-0.2, -0.15) is 0 Å². The highest BCUT2D eigenvalue weighted by atomic mass is 14.8. The molecule has 470 valence electrons. The summed E-state index contributed by atoms with van der Waals surface area (Å²) < 4.78 is 0. The molecule has 5 aromatic heterocycles. The number of nitrogens with zero attached hydrogens (tertiary/aromatic N) is 6. The maximum Gasteiger partial charge on any atom is 0.116 e. The number of aryl methyl sites for hydroxylation is 8. The topological polar surface area (TPSA) is 77.3 Å². The third kappa shape index (κ3) is 15.0. The number of rotatable bonds is 22. The molecule has 10 aromatic carbocycles. The highest BCUT2D eigenvalue weighted by Gasteiger charge is 2.16. The van der Waals surface area contributed by atoms with E-state index in [1.807, 2.05) is 73.3 Å². The van der Waals surface area contributed by atoms with E-state index in [2.05, 4.69) is 281 Å². The molecular weight excluding hydrogens is 1190 g/mol. The van der Waals surface area contributed by atoms with E-state index in [1.165, 1.54) is 77.9 Å². The lowest BCUT2D eigenvalue weighted by Crippen LogP contribution is -1.98. The summed E-state index contributed by atoms with van der Waals surface area (Å²) in [4.78, 5) is 28.0. The summed E-state index contributed by atoms with van der Waals surface area (Å²) in [5, 5.41) is 0. The van der Waals surface area contributed by atoms with E-state index in [9.17, 15) is 0 Å². The molecule has 0 atom stereocenters. The number of hydrogen-bond acceptors (Lipinski definition) is 6. The maximum absolute atomic E-state index is 4.83. The first-order valence-electron chi connectivity index (χ1n) is 34.0.